The summed E-state index contributed by atoms with van der Waals surface area (Å²) in [5, 5.41) is 5.74. The van der Waals surface area contributed by atoms with E-state index in [-0.39, 0.29) is 12.0 Å². The topological polar surface area (TPSA) is 77.2 Å². The van der Waals surface area contributed by atoms with Crippen LogP contribution in [0, 0.1) is 0 Å². The molecule has 130 valence electrons. The summed E-state index contributed by atoms with van der Waals surface area (Å²) >= 11 is 6.09. The van der Waals surface area contributed by atoms with Crippen LogP contribution in [0.2, 0.25) is 5.02 Å². The molecule has 0 radical (unpaired) electrons. The van der Waals surface area contributed by atoms with Gasteiger partial charge >= 0.3 is 0 Å². The first-order chi connectivity index (χ1) is 12.1. The van der Waals surface area contributed by atoms with Crippen molar-refractivity contribution in [2.45, 2.75) is 25.8 Å². The summed E-state index contributed by atoms with van der Waals surface area (Å²) in [6.07, 6.45) is 1.55. The van der Waals surface area contributed by atoms with Gasteiger partial charge in [-0.15, -0.1) is 0 Å². The van der Waals surface area contributed by atoms with Crippen LogP contribution in [0.25, 0.3) is 10.9 Å². The number of ether oxygens (including phenoxy) is 1. The molecule has 1 atom stereocenters. The molecule has 1 aliphatic rings. The van der Waals surface area contributed by atoms with E-state index in [1.54, 1.807) is 6.33 Å². The largest absolute Gasteiger partial charge is 0.377 e. The fourth-order valence-electron chi connectivity index (χ4n) is 2.93. The zero-order valence-electron chi connectivity index (χ0n) is 14.0. The summed E-state index contributed by atoms with van der Waals surface area (Å²) in [7, 11) is 0. The Balaban J connectivity index is 1.76. The Hall–Kier alpha value is -2.25. The highest BCUT2D eigenvalue weighted by atomic mass is 35.5. The van der Waals surface area contributed by atoms with Crippen molar-refractivity contribution in [1.29, 1.82) is 0 Å². The second kappa shape index (κ2) is 6.57. The minimum atomic E-state index is -0.154. The SMILES string of the molecule is CC(C)c1nc(C2COCCN2c2ncnc3cc(Cl)ccc23)no1. The van der Waals surface area contributed by atoms with Gasteiger partial charge in [0.25, 0.3) is 0 Å². The van der Waals surface area contributed by atoms with Crippen LogP contribution in [0.3, 0.4) is 0 Å². The Labute approximate surface area is 150 Å². The van der Waals surface area contributed by atoms with Gasteiger partial charge in [0.05, 0.1) is 18.7 Å². The molecule has 7 nitrogen and oxygen atoms in total. The highest BCUT2D eigenvalue weighted by Crippen LogP contribution is 2.32. The average Bonchev–Trinajstić information content (AvgIpc) is 3.11. The van der Waals surface area contributed by atoms with Gasteiger partial charge in [0.2, 0.25) is 5.89 Å². The van der Waals surface area contributed by atoms with Gasteiger partial charge in [-0.05, 0) is 18.2 Å². The van der Waals surface area contributed by atoms with Crippen LogP contribution < -0.4 is 4.90 Å². The molecule has 4 rings (SSSR count). The van der Waals surface area contributed by atoms with Gasteiger partial charge in [-0.25, -0.2) is 9.97 Å². The summed E-state index contributed by atoms with van der Waals surface area (Å²) in [4.78, 5) is 15.5. The number of halogens is 1. The molecule has 0 bridgehead atoms. The van der Waals surface area contributed by atoms with E-state index in [2.05, 4.69) is 25.0 Å². The third kappa shape index (κ3) is 3.05. The first kappa shape index (κ1) is 16.2. The first-order valence-corrected chi connectivity index (χ1v) is 8.59. The quantitative estimate of drug-likeness (QED) is 0.709. The van der Waals surface area contributed by atoms with E-state index in [0.717, 1.165) is 16.7 Å². The Morgan fingerprint density at radius 1 is 1.28 bits per heavy atom. The molecule has 1 fully saturated rings. The molecule has 1 unspecified atom stereocenters. The molecular weight excluding hydrogens is 342 g/mol. The van der Waals surface area contributed by atoms with Crippen LogP contribution in [0.5, 0.6) is 0 Å². The van der Waals surface area contributed by atoms with Crippen LogP contribution in [0.15, 0.2) is 29.0 Å². The third-order valence-corrected chi connectivity index (χ3v) is 4.46. The molecule has 0 amide bonds. The fourth-order valence-corrected chi connectivity index (χ4v) is 3.10. The van der Waals surface area contributed by atoms with E-state index in [0.29, 0.717) is 36.5 Å². The number of benzene rings is 1. The van der Waals surface area contributed by atoms with Crippen molar-refractivity contribution >= 4 is 28.3 Å². The number of hydrogen-bond acceptors (Lipinski definition) is 7. The fraction of sp³-hybridized carbons (Fsp3) is 0.412. The Kier molecular flexibility index (Phi) is 4.27. The monoisotopic (exact) mass is 359 g/mol. The Morgan fingerprint density at radius 3 is 2.96 bits per heavy atom. The summed E-state index contributed by atoms with van der Waals surface area (Å²) < 4.78 is 11.0. The number of fused-ring (bicyclic) bond motifs is 1. The lowest BCUT2D eigenvalue weighted by Gasteiger charge is -2.35. The van der Waals surface area contributed by atoms with Gasteiger partial charge < -0.3 is 14.2 Å². The van der Waals surface area contributed by atoms with Crippen molar-refractivity contribution < 1.29 is 9.26 Å². The van der Waals surface area contributed by atoms with Gasteiger partial charge in [-0.1, -0.05) is 30.6 Å². The lowest BCUT2D eigenvalue weighted by Crippen LogP contribution is -2.40. The van der Waals surface area contributed by atoms with E-state index in [9.17, 15) is 0 Å². The predicted molar refractivity (Wildman–Crippen MR) is 93.8 cm³/mol. The maximum absolute atomic E-state index is 6.09. The van der Waals surface area contributed by atoms with Crippen molar-refractivity contribution in [2.24, 2.45) is 0 Å². The summed E-state index contributed by atoms with van der Waals surface area (Å²) in [6.45, 7) is 5.83. The van der Waals surface area contributed by atoms with E-state index in [1.807, 2.05) is 32.0 Å². The van der Waals surface area contributed by atoms with Crippen LogP contribution in [-0.2, 0) is 4.74 Å². The lowest BCUT2D eigenvalue weighted by molar-refractivity contribution is 0.0907. The zero-order valence-corrected chi connectivity index (χ0v) is 14.8. The predicted octanol–water partition coefficient (Wildman–Crippen LogP) is 3.37. The smallest absolute Gasteiger partial charge is 0.229 e. The number of aromatic nitrogens is 4. The number of morpholine rings is 1. The van der Waals surface area contributed by atoms with Crippen LogP contribution in [0.1, 0.15) is 37.5 Å². The normalized spacial score (nSPS) is 18.2. The second-order valence-electron chi connectivity index (χ2n) is 6.29. The van der Waals surface area contributed by atoms with Crippen LogP contribution in [0.4, 0.5) is 5.82 Å². The highest BCUT2D eigenvalue weighted by Gasteiger charge is 2.31. The van der Waals surface area contributed by atoms with Gasteiger partial charge in [-0.2, -0.15) is 4.98 Å². The summed E-state index contributed by atoms with van der Waals surface area (Å²) in [6, 6.07) is 5.47. The number of hydrogen-bond donors (Lipinski definition) is 0. The first-order valence-electron chi connectivity index (χ1n) is 8.21. The van der Waals surface area contributed by atoms with Crippen molar-refractivity contribution in [2.75, 3.05) is 24.7 Å². The molecule has 2 aromatic heterocycles. The molecule has 0 spiro atoms. The van der Waals surface area contributed by atoms with Crippen LogP contribution >= 0.6 is 11.6 Å². The lowest BCUT2D eigenvalue weighted by atomic mass is 10.1. The molecule has 3 heterocycles. The molecule has 0 N–H and O–H groups in total. The molecule has 1 aromatic carbocycles. The van der Waals surface area contributed by atoms with Gasteiger partial charge in [0.1, 0.15) is 18.2 Å². The number of nitrogens with zero attached hydrogens (tertiary/aromatic N) is 5. The molecule has 1 saturated heterocycles. The minimum Gasteiger partial charge on any atom is -0.377 e. The standard InChI is InChI=1S/C17H18ClN5O2/c1-10(2)17-21-15(22-25-17)14-8-24-6-5-23(14)16-12-4-3-11(18)7-13(12)19-9-20-16/h3-4,7,9-10,14H,5-6,8H2,1-2H3. The molecular formula is C17H18ClN5O2. The zero-order chi connectivity index (χ0) is 17.4. The third-order valence-electron chi connectivity index (χ3n) is 4.23. The van der Waals surface area contributed by atoms with Crippen molar-refractivity contribution in [3.8, 4) is 0 Å². The minimum absolute atomic E-state index is 0.154. The summed E-state index contributed by atoms with van der Waals surface area (Å²) in [5.41, 5.74) is 0.804. The highest BCUT2D eigenvalue weighted by molar-refractivity contribution is 6.31. The molecule has 25 heavy (non-hydrogen) atoms. The molecule has 1 aliphatic heterocycles. The van der Waals surface area contributed by atoms with Gasteiger partial charge in [0, 0.05) is 22.9 Å². The molecule has 8 heteroatoms. The van der Waals surface area contributed by atoms with Crippen molar-refractivity contribution in [3.05, 3.63) is 41.3 Å². The maximum atomic E-state index is 6.09. The van der Waals surface area contributed by atoms with E-state index in [4.69, 9.17) is 20.9 Å². The van der Waals surface area contributed by atoms with Crippen molar-refractivity contribution in [1.82, 2.24) is 20.1 Å². The maximum Gasteiger partial charge on any atom is 0.229 e. The molecule has 0 saturated carbocycles. The van der Waals surface area contributed by atoms with Gasteiger partial charge in [0.15, 0.2) is 5.82 Å². The van der Waals surface area contributed by atoms with E-state index < -0.39 is 0 Å². The van der Waals surface area contributed by atoms with E-state index in [1.165, 1.54) is 0 Å². The van der Waals surface area contributed by atoms with E-state index >= 15 is 0 Å². The number of anilines is 1. The molecule has 3 aromatic rings. The van der Waals surface area contributed by atoms with Crippen molar-refractivity contribution in [3.63, 3.8) is 0 Å². The van der Waals surface area contributed by atoms with Gasteiger partial charge in [-0.3, -0.25) is 0 Å². The molecule has 0 aliphatic carbocycles. The Bertz CT molecular complexity index is 898. The Morgan fingerprint density at radius 2 is 2.16 bits per heavy atom. The second-order valence-corrected chi connectivity index (χ2v) is 6.72. The summed E-state index contributed by atoms with van der Waals surface area (Å²) in [5.74, 6) is 2.25. The number of rotatable bonds is 3. The van der Waals surface area contributed by atoms with Crippen LogP contribution in [-0.4, -0.2) is 39.9 Å². The average molecular weight is 360 g/mol.